The first-order valence-corrected chi connectivity index (χ1v) is 12.4. The highest BCUT2D eigenvalue weighted by molar-refractivity contribution is 5.54. The molecular weight excluding hydrogens is 439 g/mol. The molecule has 1 heterocycles. The van der Waals surface area contributed by atoms with Crippen LogP contribution in [0.2, 0.25) is 0 Å². The number of ether oxygens (including phenoxy) is 4. The van der Waals surface area contributed by atoms with Gasteiger partial charge in [-0.1, -0.05) is 46.1 Å². The lowest BCUT2D eigenvalue weighted by Gasteiger charge is -2.35. The summed E-state index contributed by atoms with van der Waals surface area (Å²) in [7, 11) is 0. The van der Waals surface area contributed by atoms with E-state index >= 15 is 0 Å². The van der Waals surface area contributed by atoms with Crippen LogP contribution in [0.4, 0.5) is 4.39 Å². The Hall–Kier alpha value is -2.51. The number of benzene rings is 2. The zero-order valence-electron chi connectivity index (χ0n) is 20.4. The molecule has 2 N–H and O–H groups in total. The summed E-state index contributed by atoms with van der Waals surface area (Å²) in [6.45, 7) is 7.63. The van der Waals surface area contributed by atoms with Crippen molar-refractivity contribution in [3.05, 3.63) is 47.3 Å². The van der Waals surface area contributed by atoms with Gasteiger partial charge in [0.2, 0.25) is 0 Å². The van der Waals surface area contributed by atoms with Gasteiger partial charge in [0.25, 0.3) is 0 Å². The highest BCUT2D eigenvalue weighted by atomic mass is 19.1. The fraction of sp³-hybridized carbons (Fsp3) is 0.556. The van der Waals surface area contributed by atoms with E-state index in [0.717, 1.165) is 38.5 Å². The lowest BCUT2D eigenvalue weighted by molar-refractivity contribution is -0.0713. The molecule has 7 heteroatoms. The maximum absolute atomic E-state index is 14.7. The van der Waals surface area contributed by atoms with Crippen LogP contribution in [0.5, 0.6) is 23.0 Å². The molecule has 34 heavy (non-hydrogen) atoms. The van der Waals surface area contributed by atoms with E-state index in [9.17, 15) is 14.6 Å². The molecule has 0 saturated heterocycles. The van der Waals surface area contributed by atoms with Crippen LogP contribution in [0.1, 0.15) is 82.6 Å². The molecule has 0 saturated carbocycles. The SMILES string of the molecule is CCCCOc1cc(OCCCC)c2c(c1)OC(c1ccc(OCCCC)c(F)c1)[C@@H](O)[C@H]2O. The summed E-state index contributed by atoms with van der Waals surface area (Å²) in [5, 5.41) is 21.9. The second-order valence-corrected chi connectivity index (χ2v) is 8.60. The Morgan fingerprint density at radius 2 is 1.44 bits per heavy atom. The van der Waals surface area contributed by atoms with Gasteiger partial charge >= 0.3 is 0 Å². The van der Waals surface area contributed by atoms with Crippen molar-refractivity contribution in [3.63, 3.8) is 0 Å². The van der Waals surface area contributed by atoms with E-state index in [1.807, 2.05) is 6.92 Å². The normalized spacial score (nSPS) is 19.3. The summed E-state index contributed by atoms with van der Waals surface area (Å²) < 4.78 is 38.0. The Morgan fingerprint density at radius 1 is 0.824 bits per heavy atom. The number of halogens is 1. The summed E-state index contributed by atoms with van der Waals surface area (Å²) in [4.78, 5) is 0. The molecule has 0 radical (unpaired) electrons. The average Bonchev–Trinajstić information content (AvgIpc) is 2.82. The van der Waals surface area contributed by atoms with Crippen molar-refractivity contribution in [3.8, 4) is 23.0 Å². The molecular formula is C27H37FO6. The van der Waals surface area contributed by atoms with Crippen LogP contribution < -0.4 is 18.9 Å². The first kappa shape index (κ1) is 26.1. The molecule has 0 aromatic heterocycles. The fourth-order valence-corrected chi connectivity index (χ4v) is 3.78. The number of hydrogen-bond donors (Lipinski definition) is 2. The predicted molar refractivity (Wildman–Crippen MR) is 128 cm³/mol. The molecule has 188 valence electrons. The third-order valence-corrected chi connectivity index (χ3v) is 5.82. The zero-order chi connectivity index (χ0) is 24.5. The van der Waals surface area contributed by atoms with Gasteiger partial charge < -0.3 is 29.2 Å². The first-order chi connectivity index (χ1) is 16.5. The van der Waals surface area contributed by atoms with E-state index in [-0.39, 0.29) is 5.75 Å². The number of fused-ring (bicyclic) bond motifs is 1. The van der Waals surface area contributed by atoms with Gasteiger partial charge in [0.05, 0.1) is 25.4 Å². The standard InChI is InChI=1S/C27H37FO6/c1-4-7-12-31-19-16-22(33-14-9-6-3)24-23(17-19)34-27(26(30)25(24)29)18-10-11-21(20(28)15-18)32-13-8-5-2/h10-11,15-17,25-27,29-30H,4-9,12-14H2,1-3H3/t25-,26-,27?/m0/s1. The van der Waals surface area contributed by atoms with Gasteiger partial charge in [-0.15, -0.1) is 0 Å². The summed E-state index contributed by atoms with van der Waals surface area (Å²) in [5.74, 6) is 0.957. The minimum atomic E-state index is -1.31. The largest absolute Gasteiger partial charge is 0.493 e. The highest BCUT2D eigenvalue weighted by Gasteiger charge is 2.40. The molecule has 0 spiro atoms. The smallest absolute Gasteiger partial charge is 0.165 e. The quantitative estimate of drug-likeness (QED) is 0.351. The van der Waals surface area contributed by atoms with Crippen molar-refractivity contribution in [2.75, 3.05) is 19.8 Å². The molecule has 0 bridgehead atoms. The zero-order valence-corrected chi connectivity index (χ0v) is 20.4. The van der Waals surface area contributed by atoms with Crippen molar-refractivity contribution in [2.45, 2.75) is 77.6 Å². The molecule has 2 aromatic carbocycles. The Morgan fingerprint density at radius 3 is 2.06 bits per heavy atom. The molecule has 1 aliphatic rings. The van der Waals surface area contributed by atoms with Gasteiger partial charge in [-0.25, -0.2) is 4.39 Å². The monoisotopic (exact) mass is 476 g/mol. The summed E-state index contributed by atoms with van der Waals surface area (Å²) >= 11 is 0. The van der Waals surface area contributed by atoms with Crippen LogP contribution >= 0.6 is 0 Å². The van der Waals surface area contributed by atoms with Gasteiger partial charge in [-0.2, -0.15) is 0 Å². The molecule has 0 aliphatic carbocycles. The Labute approximate surface area is 201 Å². The summed E-state index contributed by atoms with van der Waals surface area (Å²) in [6, 6.07) is 7.88. The Balaban J connectivity index is 1.89. The maximum atomic E-state index is 14.7. The first-order valence-electron chi connectivity index (χ1n) is 12.4. The van der Waals surface area contributed by atoms with Crippen molar-refractivity contribution in [2.24, 2.45) is 0 Å². The number of unbranched alkanes of at least 4 members (excludes halogenated alkanes) is 3. The molecule has 0 fully saturated rings. The van der Waals surface area contributed by atoms with E-state index in [4.69, 9.17) is 18.9 Å². The lowest BCUT2D eigenvalue weighted by atomic mass is 9.91. The maximum Gasteiger partial charge on any atom is 0.165 e. The Kier molecular flexibility index (Phi) is 9.84. The molecule has 1 unspecified atom stereocenters. The highest BCUT2D eigenvalue weighted by Crippen LogP contribution is 2.47. The van der Waals surface area contributed by atoms with Crippen molar-refractivity contribution in [1.29, 1.82) is 0 Å². The topological polar surface area (TPSA) is 77.4 Å². The third-order valence-electron chi connectivity index (χ3n) is 5.82. The molecule has 2 aromatic rings. The van der Waals surface area contributed by atoms with Crippen molar-refractivity contribution < 1.29 is 33.6 Å². The second-order valence-electron chi connectivity index (χ2n) is 8.60. The van der Waals surface area contributed by atoms with Gasteiger partial charge in [0.1, 0.15) is 29.5 Å². The van der Waals surface area contributed by atoms with Crippen LogP contribution in [-0.4, -0.2) is 36.1 Å². The van der Waals surface area contributed by atoms with Crippen molar-refractivity contribution >= 4 is 0 Å². The van der Waals surface area contributed by atoms with Crippen LogP contribution in [0, 0.1) is 5.82 Å². The molecule has 6 nitrogen and oxygen atoms in total. The van der Waals surface area contributed by atoms with E-state index in [1.165, 1.54) is 12.1 Å². The summed E-state index contributed by atoms with van der Waals surface area (Å²) in [5.41, 5.74) is 0.783. The predicted octanol–water partition coefficient (Wildman–Crippen LogP) is 5.89. The van der Waals surface area contributed by atoms with Crippen LogP contribution in [0.15, 0.2) is 30.3 Å². The molecule has 1 aliphatic heterocycles. The number of rotatable bonds is 13. The van der Waals surface area contributed by atoms with Crippen LogP contribution in [-0.2, 0) is 0 Å². The summed E-state index contributed by atoms with van der Waals surface area (Å²) in [6.07, 6.45) is 1.96. The molecule has 3 rings (SSSR count). The van der Waals surface area contributed by atoms with Gasteiger partial charge in [0, 0.05) is 12.1 Å². The minimum Gasteiger partial charge on any atom is -0.493 e. The van der Waals surface area contributed by atoms with Crippen LogP contribution in [0.25, 0.3) is 0 Å². The Bertz CT molecular complexity index is 918. The van der Waals surface area contributed by atoms with E-state index in [2.05, 4.69) is 13.8 Å². The van der Waals surface area contributed by atoms with Gasteiger partial charge in [-0.3, -0.25) is 0 Å². The van der Waals surface area contributed by atoms with Gasteiger partial charge in [0.15, 0.2) is 17.7 Å². The molecule has 0 amide bonds. The van der Waals surface area contributed by atoms with E-state index in [1.54, 1.807) is 18.2 Å². The third kappa shape index (κ3) is 6.33. The van der Waals surface area contributed by atoms with E-state index in [0.29, 0.717) is 48.2 Å². The number of aliphatic hydroxyl groups excluding tert-OH is 2. The van der Waals surface area contributed by atoms with Crippen LogP contribution in [0.3, 0.4) is 0 Å². The van der Waals surface area contributed by atoms with E-state index < -0.39 is 24.1 Å². The van der Waals surface area contributed by atoms with Crippen molar-refractivity contribution in [1.82, 2.24) is 0 Å². The second kappa shape index (κ2) is 12.8. The number of hydrogen-bond acceptors (Lipinski definition) is 6. The number of aliphatic hydroxyl groups is 2. The lowest BCUT2D eigenvalue weighted by Crippen LogP contribution is -2.34. The average molecular weight is 477 g/mol. The van der Waals surface area contributed by atoms with Gasteiger partial charge in [-0.05, 0) is 37.0 Å². The fourth-order valence-electron chi connectivity index (χ4n) is 3.78. The minimum absolute atomic E-state index is 0.154. The molecule has 3 atom stereocenters.